The second-order valence-corrected chi connectivity index (χ2v) is 5.29. The third-order valence-corrected chi connectivity index (χ3v) is 3.76. The zero-order chi connectivity index (χ0) is 13.2. The summed E-state index contributed by atoms with van der Waals surface area (Å²) in [6.07, 6.45) is 5.91. The number of pyridine rings is 1. The van der Waals surface area contributed by atoms with Crippen LogP contribution in [0, 0.1) is 0 Å². The summed E-state index contributed by atoms with van der Waals surface area (Å²) in [6.45, 7) is 3.97. The molecule has 19 heavy (non-hydrogen) atoms. The minimum atomic E-state index is 0.144. The molecule has 0 fully saturated rings. The Morgan fingerprint density at radius 2 is 1.95 bits per heavy atom. The third kappa shape index (κ3) is 2.22. The Morgan fingerprint density at radius 3 is 2.68 bits per heavy atom. The number of allylic oxidation sites excluding steroid dienone is 1. The van der Waals surface area contributed by atoms with Gasteiger partial charge in [0.1, 0.15) is 5.65 Å². The van der Waals surface area contributed by atoms with E-state index in [1.165, 1.54) is 5.56 Å². The molecule has 2 aromatic heterocycles. The van der Waals surface area contributed by atoms with Crippen molar-refractivity contribution < 1.29 is 0 Å². The first kappa shape index (κ1) is 12.2. The van der Waals surface area contributed by atoms with Crippen molar-refractivity contribution in [1.29, 1.82) is 0 Å². The number of hydrogen-bond acceptors (Lipinski definition) is 1. The summed E-state index contributed by atoms with van der Waals surface area (Å²) in [5, 5.41) is 0. The largest absolute Gasteiger partial charge is 0.303 e. The molecule has 1 aromatic carbocycles. The molecule has 2 heterocycles. The van der Waals surface area contributed by atoms with Crippen molar-refractivity contribution in [2.75, 3.05) is 0 Å². The lowest BCUT2D eigenvalue weighted by atomic mass is 9.96. The zero-order valence-corrected chi connectivity index (χ0v) is 11.9. The first-order valence-corrected chi connectivity index (χ1v) is 6.89. The summed E-state index contributed by atoms with van der Waals surface area (Å²) in [7, 11) is 0. The van der Waals surface area contributed by atoms with Gasteiger partial charge in [-0.1, -0.05) is 40.2 Å². The van der Waals surface area contributed by atoms with Crippen LogP contribution in [0.2, 0.25) is 0 Å². The molecule has 0 aliphatic heterocycles. The van der Waals surface area contributed by atoms with Gasteiger partial charge in [0.05, 0.1) is 11.9 Å². The maximum absolute atomic E-state index is 4.44. The molecule has 3 heteroatoms. The van der Waals surface area contributed by atoms with Crippen LogP contribution in [0.4, 0.5) is 0 Å². The fourth-order valence-electron chi connectivity index (χ4n) is 2.28. The molecule has 3 rings (SSSR count). The van der Waals surface area contributed by atoms with Gasteiger partial charge in [0.2, 0.25) is 0 Å². The van der Waals surface area contributed by atoms with Crippen molar-refractivity contribution in [2.45, 2.75) is 5.92 Å². The number of aromatic nitrogens is 2. The molecule has 0 aliphatic carbocycles. The first-order chi connectivity index (χ1) is 9.29. The Bertz CT molecular complexity index is 713. The van der Waals surface area contributed by atoms with Gasteiger partial charge in [-0.15, -0.1) is 6.58 Å². The van der Waals surface area contributed by atoms with E-state index in [4.69, 9.17) is 0 Å². The molecule has 1 atom stereocenters. The number of rotatable bonds is 3. The molecule has 2 nitrogen and oxygen atoms in total. The van der Waals surface area contributed by atoms with Crippen molar-refractivity contribution in [3.05, 3.63) is 83.2 Å². The summed E-state index contributed by atoms with van der Waals surface area (Å²) in [6, 6.07) is 14.3. The van der Waals surface area contributed by atoms with Gasteiger partial charge in [-0.2, -0.15) is 0 Å². The highest BCUT2D eigenvalue weighted by atomic mass is 79.9. The standard InChI is InChI=1S/C16H13BrN2/c1-2-14(12-6-8-13(17)9-7-12)15-11-18-16-5-3-4-10-19(15)16/h2-11,14H,1H2. The molecule has 94 valence electrons. The number of fused-ring (bicyclic) bond motifs is 1. The number of benzene rings is 1. The van der Waals surface area contributed by atoms with Gasteiger partial charge in [0, 0.05) is 16.6 Å². The van der Waals surface area contributed by atoms with Crippen LogP contribution in [0.25, 0.3) is 5.65 Å². The Morgan fingerprint density at radius 1 is 1.16 bits per heavy atom. The molecule has 0 saturated carbocycles. The summed E-state index contributed by atoms with van der Waals surface area (Å²) >= 11 is 3.46. The van der Waals surface area contributed by atoms with Crippen LogP contribution < -0.4 is 0 Å². The quantitative estimate of drug-likeness (QED) is 0.655. The van der Waals surface area contributed by atoms with E-state index < -0.39 is 0 Å². The molecule has 0 radical (unpaired) electrons. The highest BCUT2D eigenvalue weighted by Gasteiger charge is 2.14. The Hall–Kier alpha value is -1.87. The smallest absolute Gasteiger partial charge is 0.136 e. The minimum Gasteiger partial charge on any atom is -0.303 e. The Balaban J connectivity index is 2.12. The van der Waals surface area contributed by atoms with E-state index >= 15 is 0 Å². The van der Waals surface area contributed by atoms with Crippen LogP contribution in [0.5, 0.6) is 0 Å². The third-order valence-electron chi connectivity index (χ3n) is 3.23. The molecule has 0 aliphatic rings. The second kappa shape index (κ2) is 5.02. The Kier molecular flexibility index (Phi) is 3.22. The monoisotopic (exact) mass is 312 g/mol. The van der Waals surface area contributed by atoms with Crippen molar-refractivity contribution in [3.63, 3.8) is 0 Å². The van der Waals surface area contributed by atoms with Crippen molar-refractivity contribution in [1.82, 2.24) is 9.38 Å². The highest BCUT2D eigenvalue weighted by molar-refractivity contribution is 9.10. The summed E-state index contributed by atoms with van der Waals surface area (Å²) in [4.78, 5) is 4.44. The van der Waals surface area contributed by atoms with Gasteiger partial charge in [0.25, 0.3) is 0 Å². The molecular formula is C16H13BrN2. The predicted octanol–water partition coefficient (Wildman–Crippen LogP) is 4.41. The minimum absolute atomic E-state index is 0.144. The maximum atomic E-state index is 4.44. The van der Waals surface area contributed by atoms with Gasteiger partial charge in [-0.05, 0) is 29.8 Å². The van der Waals surface area contributed by atoms with Gasteiger partial charge in [0.15, 0.2) is 0 Å². The molecule has 0 N–H and O–H groups in total. The zero-order valence-electron chi connectivity index (χ0n) is 10.3. The van der Waals surface area contributed by atoms with Crippen molar-refractivity contribution in [3.8, 4) is 0 Å². The van der Waals surface area contributed by atoms with Crippen LogP contribution in [0.3, 0.4) is 0 Å². The fraction of sp³-hybridized carbons (Fsp3) is 0.0625. The van der Waals surface area contributed by atoms with Crippen LogP contribution >= 0.6 is 15.9 Å². The number of imidazole rings is 1. The van der Waals surface area contributed by atoms with E-state index in [-0.39, 0.29) is 5.92 Å². The van der Waals surface area contributed by atoms with Gasteiger partial charge in [-0.25, -0.2) is 4.98 Å². The first-order valence-electron chi connectivity index (χ1n) is 6.09. The van der Waals surface area contributed by atoms with Crippen LogP contribution in [-0.4, -0.2) is 9.38 Å². The predicted molar refractivity (Wildman–Crippen MR) is 81.4 cm³/mol. The van der Waals surface area contributed by atoms with Gasteiger partial charge >= 0.3 is 0 Å². The van der Waals surface area contributed by atoms with E-state index in [0.29, 0.717) is 0 Å². The molecular weight excluding hydrogens is 300 g/mol. The van der Waals surface area contributed by atoms with Crippen LogP contribution in [0.15, 0.2) is 72.0 Å². The summed E-state index contributed by atoms with van der Waals surface area (Å²) < 4.78 is 3.19. The maximum Gasteiger partial charge on any atom is 0.136 e. The van der Waals surface area contributed by atoms with E-state index in [2.05, 4.69) is 56.2 Å². The topological polar surface area (TPSA) is 17.3 Å². The normalized spacial score (nSPS) is 12.5. The second-order valence-electron chi connectivity index (χ2n) is 4.38. The number of halogens is 1. The lowest BCUT2D eigenvalue weighted by molar-refractivity contribution is 0.930. The van der Waals surface area contributed by atoms with Gasteiger partial charge < -0.3 is 4.40 Å². The highest BCUT2D eigenvalue weighted by Crippen LogP contribution is 2.27. The summed E-state index contributed by atoms with van der Waals surface area (Å²) in [5.41, 5.74) is 3.30. The molecule has 0 spiro atoms. The molecule has 0 saturated heterocycles. The molecule has 0 bridgehead atoms. The lowest BCUT2D eigenvalue weighted by Gasteiger charge is -2.13. The summed E-state index contributed by atoms with van der Waals surface area (Å²) in [5.74, 6) is 0.144. The van der Waals surface area contributed by atoms with Crippen molar-refractivity contribution in [2.24, 2.45) is 0 Å². The fourth-order valence-corrected chi connectivity index (χ4v) is 2.54. The van der Waals surface area contributed by atoms with E-state index in [1.807, 2.05) is 36.7 Å². The van der Waals surface area contributed by atoms with E-state index in [0.717, 1.165) is 15.8 Å². The number of hydrogen-bond donors (Lipinski definition) is 0. The van der Waals surface area contributed by atoms with Crippen LogP contribution in [0.1, 0.15) is 17.2 Å². The SMILES string of the molecule is C=CC(c1ccc(Br)cc1)c1cnc2ccccn12. The van der Waals surface area contributed by atoms with Gasteiger partial charge in [-0.3, -0.25) is 0 Å². The molecule has 0 amide bonds. The van der Waals surface area contributed by atoms with E-state index in [9.17, 15) is 0 Å². The Labute approximate surface area is 120 Å². The average Bonchev–Trinajstić information content (AvgIpc) is 2.86. The van der Waals surface area contributed by atoms with Crippen molar-refractivity contribution >= 4 is 21.6 Å². The molecule has 3 aromatic rings. The van der Waals surface area contributed by atoms with Crippen LogP contribution in [-0.2, 0) is 0 Å². The molecule has 1 unspecified atom stereocenters. The number of nitrogens with zero attached hydrogens (tertiary/aromatic N) is 2. The average molecular weight is 313 g/mol. The van der Waals surface area contributed by atoms with E-state index in [1.54, 1.807) is 0 Å². The lowest BCUT2D eigenvalue weighted by Crippen LogP contribution is -2.01.